The molecule has 128 valence electrons. The number of rotatable bonds is 11. The van der Waals surface area contributed by atoms with Gasteiger partial charge < -0.3 is 4.74 Å². The molecule has 1 unspecified atom stereocenters. The van der Waals surface area contributed by atoms with Crippen LogP contribution in [0, 0.1) is 0 Å². The first-order valence-corrected chi connectivity index (χ1v) is 8.59. The summed E-state index contributed by atoms with van der Waals surface area (Å²) >= 11 is 4.51. The third-order valence-corrected chi connectivity index (χ3v) is 3.85. The zero-order chi connectivity index (χ0) is 17.1. The summed E-state index contributed by atoms with van der Waals surface area (Å²) in [5, 5.41) is 6.67. The first-order valence-electron chi connectivity index (χ1n) is 8.18. The number of amides is 1. The molecular formula is C16H24N2O4S. The number of thiocarbonyl (C=S) groups is 1. The number of ether oxygens (including phenoxy) is 1. The number of ketones is 1. The van der Waals surface area contributed by atoms with Crippen LogP contribution in [0.5, 0.6) is 0 Å². The molecule has 0 aromatic rings. The lowest BCUT2D eigenvalue weighted by Crippen LogP contribution is -2.39. The van der Waals surface area contributed by atoms with Gasteiger partial charge in [0.2, 0.25) is 0 Å². The number of hydrogen-bond donors (Lipinski definition) is 0. The summed E-state index contributed by atoms with van der Waals surface area (Å²) in [5.41, 5.74) is 0. The van der Waals surface area contributed by atoms with E-state index in [0.29, 0.717) is 12.8 Å². The number of isothiocyanates is 1. The number of hydrogen-bond acceptors (Lipinski definition) is 6. The second kappa shape index (κ2) is 11.0. The van der Waals surface area contributed by atoms with Crippen LogP contribution >= 0.6 is 12.2 Å². The molecule has 0 aliphatic carbocycles. The number of carbonyl (C=O) groups excluding carboxylic acids is 3. The van der Waals surface area contributed by atoms with Crippen molar-refractivity contribution in [2.45, 2.75) is 70.8 Å². The molecular weight excluding hydrogens is 316 g/mol. The Hall–Kier alpha value is -1.59. The summed E-state index contributed by atoms with van der Waals surface area (Å²) in [4.78, 5) is 35.6. The third kappa shape index (κ3) is 7.01. The van der Waals surface area contributed by atoms with E-state index in [0.717, 1.165) is 24.3 Å². The molecule has 0 saturated carbocycles. The largest absolute Gasteiger partial charge is 0.464 e. The van der Waals surface area contributed by atoms with Gasteiger partial charge in [0.15, 0.2) is 6.04 Å². The summed E-state index contributed by atoms with van der Waals surface area (Å²) in [5.74, 6) is -1.18. The first-order chi connectivity index (χ1) is 11.1. The van der Waals surface area contributed by atoms with Gasteiger partial charge >= 0.3 is 5.97 Å². The van der Waals surface area contributed by atoms with Crippen LogP contribution in [0.25, 0.3) is 0 Å². The average molecular weight is 340 g/mol. The smallest absolute Gasteiger partial charge is 0.331 e. The lowest BCUT2D eigenvalue weighted by Gasteiger charge is -2.19. The monoisotopic (exact) mass is 340 g/mol. The fraction of sp³-hybridized carbons (Fsp3) is 0.750. The highest BCUT2D eigenvalue weighted by Crippen LogP contribution is 2.16. The number of Topliss-reactive ketones (excluding diaryl/α,β-unsaturated/α-hetero) is 1. The Morgan fingerprint density at radius 1 is 1.30 bits per heavy atom. The van der Waals surface area contributed by atoms with Crippen LogP contribution in [0.1, 0.15) is 64.7 Å². The van der Waals surface area contributed by atoms with Crippen LogP contribution in [-0.4, -0.2) is 40.5 Å². The zero-order valence-electron chi connectivity index (χ0n) is 13.6. The van der Waals surface area contributed by atoms with E-state index >= 15 is 0 Å². The Kier molecular flexibility index (Phi) is 9.33. The van der Waals surface area contributed by atoms with E-state index in [4.69, 9.17) is 4.74 Å². The van der Waals surface area contributed by atoms with Crippen molar-refractivity contribution < 1.29 is 19.1 Å². The van der Waals surface area contributed by atoms with E-state index in [1.54, 1.807) is 0 Å². The second-order valence-electron chi connectivity index (χ2n) is 5.63. The molecule has 7 heteroatoms. The van der Waals surface area contributed by atoms with Crippen LogP contribution in [0.4, 0.5) is 0 Å². The molecule has 0 N–H and O–H groups in total. The molecule has 1 amide bonds. The van der Waals surface area contributed by atoms with Gasteiger partial charge in [0.1, 0.15) is 5.78 Å². The van der Waals surface area contributed by atoms with Crippen molar-refractivity contribution in [1.82, 2.24) is 5.01 Å². The van der Waals surface area contributed by atoms with Gasteiger partial charge in [-0.25, -0.2) is 9.80 Å². The topological polar surface area (TPSA) is 76.0 Å². The minimum Gasteiger partial charge on any atom is -0.464 e. The molecule has 1 fully saturated rings. The SMILES string of the molecule is CCCCCCCCC(=O)CC(=O)N(N=C=S)C1CCOC1=O. The van der Waals surface area contributed by atoms with E-state index < -0.39 is 17.9 Å². The van der Waals surface area contributed by atoms with Crippen molar-refractivity contribution in [3.05, 3.63) is 0 Å². The number of nitrogens with zero attached hydrogens (tertiary/aromatic N) is 2. The molecule has 1 aliphatic rings. The Labute approximate surface area is 142 Å². The Morgan fingerprint density at radius 2 is 2.00 bits per heavy atom. The molecule has 23 heavy (non-hydrogen) atoms. The first kappa shape index (κ1) is 19.5. The Morgan fingerprint density at radius 3 is 2.61 bits per heavy atom. The van der Waals surface area contributed by atoms with Crippen LogP contribution in [-0.2, 0) is 19.1 Å². The lowest BCUT2D eigenvalue weighted by atomic mass is 10.1. The fourth-order valence-corrected chi connectivity index (χ4v) is 2.58. The minimum absolute atomic E-state index is 0.138. The molecule has 0 aromatic carbocycles. The predicted molar refractivity (Wildman–Crippen MR) is 88.9 cm³/mol. The molecule has 0 spiro atoms. The number of hydrazone groups is 1. The molecule has 0 radical (unpaired) electrons. The molecule has 1 saturated heterocycles. The molecule has 0 bridgehead atoms. The number of cyclic esters (lactones) is 1. The normalized spacial score (nSPS) is 16.6. The highest BCUT2D eigenvalue weighted by molar-refractivity contribution is 7.78. The van der Waals surface area contributed by atoms with Crippen molar-refractivity contribution in [2.24, 2.45) is 5.10 Å². The van der Waals surface area contributed by atoms with Gasteiger partial charge in [-0.15, -0.1) is 5.10 Å². The van der Waals surface area contributed by atoms with Gasteiger partial charge in [-0.2, -0.15) is 0 Å². The Bertz CT molecular complexity index is 475. The predicted octanol–water partition coefficient (Wildman–Crippen LogP) is 2.86. The van der Waals surface area contributed by atoms with E-state index in [2.05, 4.69) is 29.4 Å². The minimum atomic E-state index is -0.792. The molecule has 1 heterocycles. The standard InChI is InChI=1S/C16H24N2O4S/c1-2-3-4-5-6-7-8-13(19)11-15(20)18(17-12-23)14-9-10-22-16(14)21/h14H,2-11H2,1H3. The van der Waals surface area contributed by atoms with Crippen LogP contribution < -0.4 is 0 Å². The highest BCUT2D eigenvalue weighted by atomic mass is 32.1. The number of unbranched alkanes of at least 4 members (excludes halogenated alkanes) is 5. The van der Waals surface area contributed by atoms with Gasteiger partial charge in [-0.05, 0) is 18.6 Å². The molecule has 1 rings (SSSR count). The fourth-order valence-electron chi connectivity index (χ4n) is 2.49. The maximum atomic E-state index is 12.2. The van der Waals surface area contributed by atoms with Crippen molar-refractivity contribution in [1.29, 1.82) is 0 Å². The van der Waals surface area contributed by atoms with Crippen molar-refractivity contribution in [3.8, 4) is 0 Å². The average Bonchev–Trinajstić information content (AvgIpc) is 2.94. The summed E-state index contributed by atoms with van der Waals surface area (Å²) < 4.78 is 4.82. The molecule has 6 nitrogen and oxygen atoms in total. The van der Waals surface area contributed by atoms with E-state index in [-0.39, 0.29) is 18.8 Å². The van der Waals surface area contributed by atoms with E-state index in [1.807, 2.05) is 0 Å². The quantitative estimate of drug-likeness (QED) is 0.144. The highest BCUT2D eigenvalue weighted by Gasteiger charge is 2.36. The van der Waals surface area contributed by atoms with Gasteiger partial charge in [0.05, 0.1) is 18.2 Å². The summed E-state index contributed by atoms with van der Waals surface area (Å²) in [6.45, 7) is 2.40. The van der Waals surface area contributed by atoms with Crippen molar-refractivity contribution >= 4 is 35.0 Å². The molecule has 1 atom stereocenters. The van der Waals surface area contributed by atoms with Gasteiger partial charge in [-0.1, -0.05) is 39.0 Å². The van der Waals surface area contributed by atoms with Gasteiger partial charge in [0.25, 0.3) is 5.91 Å². The van der Waals surface area contributed by atoms with E-state index in [9.17, 15) is 14.4 Å². The van der Waals surface area contributed by atoms with Crippen LogP contribution in [0.15, 0.2) is 5.10 Å². The second-order valence-corrected chi connectivity index (χ2v) is 5.82. The lowest BCUT2D eigenvalue weighted by molar-refractivity contribution is -0.149. The summed E-state index contributed by atoms with van der Waals surface area (Å²) in [6, 6.07) is -0.792. The Balaban J connectivity index is 2.38. The van der Waals surface area contributed by atoms with Crippen molar-refractivity contribution in [2.75, 3.05) is 6.61 Å². The van der Waals surface area contributed by atoms with Crippen molar-refractivity contribution in [3.63, 3.8) is 0 Å². The van der Waals surface area contributed by atoms with Crippen LogP contribution in [0.2, 0.25) is 0 Å². The molecule has 1 aliphatic heterocycles. The number of esters is 1. The zero-order valence-corrected chi connectivity index (χ0v) is 14.4. The summed E-state index contributed by atoms with van der Waals surface area (Å²) in [6.07, 6.45) is 6.96. The van der Waals surface area contributed by atoms with E-state index in [1.165, 1.54) is 19.3 Å². The van der Waals surface area contributed by atoms with Crippen LogP contribution in [0.3, 0.4) is 0 Å². The van der Waals surface area contributed by atoms with Gasteiger partial charge in [0, 0.05) is 12.8 Å². The maximum Gasteiger partial charge on any atom is 0.331 e. The number of carbonyl (C=O) groups is 3. The molecule has 0 aromatic heterocycles. The maximum absolute atomic E-state index is 12.2. The summed E-state index contributed by atoms with van der Waals surface area (Å²) in [7, 11) is 0. The van der Waals surface area contributed by atoms with Gasteiger partial charge in [-0.3, -0.25) is 9.59 Å². The third-order valence-electron chi connectivity index (χ3n) is 3.76.